The van der Waals surface area contributed by atoms with E-state index in [1.54, 1.807) is 0 Å². The van der Waals surface area contributed by atoms with Crippen LogP contribution in [0.2, 0.25) is 0 Å². The van der Waals surface area contributed by atoms with Gasteiger partial charge in [-0.15, -0.1) is 24.0 Å². The first kappa shape index (κ1) is 20.9. The average molecular weight is 412 g/mol. The van der Waals surface area contributed by atoms with Gasteiger partial charge in [0.05, 0.1) is 0 Å². The molecule has 0 amide bonds. The highest BCUT2D eigenvalue weighted by atomic mass is 127. The molecule has 0 aliphatic heterocycles. The molecule has 6 heteroatoms. The maximum Gasteiger partial charge on any atom is 0.191 e. The Hall–Kier alpha value is -0.0800. The van der Waals surface area contributed by atoms with Gasteiger partial charge in [-0.3, -0.25) is 4.99 Å². The second kappa shape index (κ2) is 13.6. The molecule has 2 N–H and O–H groups in total. The molecular formula is C15H33IN4O. The second-order valence-electron chi connectivity index (χ2n) is 5.46. The second-order valence-corrected chi connectivity index (χ2v) is 5.46. The Kier molecular flexibility index (Phi) is 13.5. The highest BCUT2D eigenvalue weighted by molar-refractivity contribution is 14.0. The van der Waals surface area contributed by atoms with Crippen LogP contribution in [0.25, 0.3) is 0 Å². The summed E-state index contributed by atoms with van der Waals surface area (Å²) in [6.45, 7) is 10.8. The van der Waals surface area contributed by atoms with Gasteiger partial charge in [0.15, 0.2) is 5.96 Å². The van der Waals surface area contributed by atoms with E-state index in [2.05, 4.69) is 41.4 Å². The zero-order valence-electron chi connectivity index (χ0n) is 13.9. The van der Waals surface area contributed by atoms with Crippen LogP contribution < -0.4 is 10.6 Å². The lowest BCUT2D eigenvalue weighted by atomic mass is 10.4. The Morgan fingerprint density at radius 1 is 1.29 bits per heavy atom. The van der Waals surface area contributed by atoms with Crippen molar-refractivity contribution in [3.05, 3.63) is 0 Å². The molecule has 5 nitrogen and oxygen atoms in total. The van der Waals surface area contributed by atoms with Gasteiger partial charge in [-0.25, -0.2) is 0 Å². The Morgan fingerprint density at radius 2 is 2.05 bits per heavy atom. The number of rotatable bonds is 11. The van der Waals surface area contributed by atoms with Crippen LogP contribution in [0.1, 0.15) is 33.1 Å². The zero-order chi connectivity index (χ0) is 14.6. The van der Waals surface area contributed by atoms with Crippen molar-refractivity contribution in [1.82, 2.24) is 15.5 Å². The molecule has 0 aromatic carbocycles. The number of halogens is 1. The summed E-state index contributed by atoms with van der Waals surface area (Å²) in [7, 11) is 2.13. The fourth-order valence-corrected chi connectivity index (χ4v) is 1.76. The van der Waals surface area contributed by atoms with Gasteiger partial charge in [0.1, 0.15) is 0 Å². The number of hydrogen-bond donors (Lipinski definition) is 2. The van der Waals surface area contributed by atoms with Gasteiger partial charge < -0.3 is 20.3 Å². The Labute approximate surface area is 147 Å². The summed E-state index contributed by atoms with van der Waals surface area (Å²) >= 11 is 0. The van der Waals surface area contributed by atoms with Gasteiger partial charge in [0.2, 0.25) is 0 Å². The van der Waals surface area contributed by atoms with E-state index in [0.717, 1.165) is 64.2 Å². The molecule has 0 spiro atoms. The van der Waals surface area contributed by atoms with Crippen molar-refractivity contribution < 1.29 is 4.74 Å². The summed E-state index contributed by atoms with van der Waals surface area (Å²) in [4.78, 5) is 6.84. The molecule has 1 aliphatic carbocycles. The third kappa shape index (κ3) is 12.2. The molecule has 0 aromatic heterocycles. The third-order valence-corrected chi connectivity index (χ3v) is 3.44. The summed E-state index contributed by atoms with van der Waals surface area (Å²) in [5.74, 6) is 1.77. The maximum atomic E-state index is 5.61. The molecule has 1 fully saturated rings. The van der Waals surface area contributed by atoms with E-state index in [9.17, 15) is 0 Å². The summed E-state index contributed by atoms with van der Waals surface area (Å²) in [5, 5.41) is 6.63. The van der Waals surface area contributed by atoms with Crippen molar-refractivity contribution in [2.24, 2.45) is 10.9 Å². The van der Waals surface area contributed by atoms with Crippen LogP contribution in [0.5, 0.6) is 0 Å². The predicted octanol–water partition coefficient (Wildman–Crippen LogP) is 1.93. The van der Waals surface area contributed by atoms with Crippen molar-refractivity contribution in [3.63, 3.8) is 0 Å². The van der Waals surface area contributed by atoms with E-state index >= 15 is 0 Å². The molecule has 0 bridgehead atoms. The minimum Gasteiger partial charge on any atom is -0.381 e. The van der Waals surface area contributed by atoms with E-state index in [-0.39, 0.29) is 24.0 Å². The molecular weight excluding hydrogens is 379 g/mol. The molecule has 0 heterocycles. The topological polar surface area (TPSA) is 48.9 Å². The Balaban J connectivity index is 0.00000400. The lowest BCUT2D eigenvalue weighted by molar-refractivity contribution is 0.123. The highest BCUT2D eigenvalue weighted by Crippen LogP contribution is 2.28. The van der Waals surface area contributed by atoms with E-state index in [0.29, 0.717) is 0 Å². The number of nitrogens with one attached hydrogen (secondary N) is 2. The number of likely N-dealkylation sites (N-methyl/N-ethyl adjacent to an activating group) is 1. The van der Waals surface area contributed by atoms with Crippen LogP contribution in [0.15, 0.2) is 4.99 Å². The van der Waals surface area contributed by atoms with Gasteiger partial charge in [-0.1, -0.05) is 6.92 Å². The van der Waals surface area contributed by atoms with Crippen LogP contribution in [-0.2, 0) is 4.74 Å². The lowest BCUT2D eigenvalue weighted by Gasteiger charge is -2.16. The first-order valence-electron chi connectivity index (χ1n) is 8.04. The number of hydrogen-bond acceptors (Lipinski definition) is 3. The van der Waals surface area contributed by atoms with Crippen LogP contribution >= 0.6 is 24.0 Å². The molecule has 0 radical (unpaired) electrons. The molecule has 0 saturated heterocycles. The summed E-state index contributed by atoms with van der Waals surface area (Å²) < 4.78 is 5.61. The number of guanidine groups is 1. The smallest absolute Gasteiger partial charge is 0.191 e. The van der Waals surface area contributed by atoms with Crippen LogP contribution in [0.3, 0.4) is 0 Å². The monoisotopic (exact) mass is 412 g/mol. The largest absolute Gasteiger partial charge is 0.381 e. The molecule has 21 heavy (non-hydrogen) atoms. The molecule has 1 aliphatic rings. The molecule has 0 unspecified atom stereocenters. The van der Waals surface area contributed by atoms with E-state index in [1.807, 2.05) is 0 Å². The normalized spacial score (nSPS) is 15.0. The SMILES string of the molecule is CCNC(=NCCCOCC1CC1)NCCN(C)CC.I. The van der Waals surface area contributed by atoms with Crippen molar-refractivity contribution in [1.29, 1.82) is 0 Å². The summed E-state index contributed by atoms with van der Waals surface area (Å²) in [6.07, 6.45) is 3.72. The minimum absolute atomic E-state index is 0. The fraction of sp³-hybridized carbons (Fsp3) is 0.933. The third-order valence-electron chi connectivity index (χ3n) is 3.44. The van der Waals surface area contributed by atoms with Crippen molar-refractivity contribution in [2.75, 3.05) is 53.0 Å². The van der Waals surface area contributed by atoms with Gasteiger partial charge >= 0.3 is 0 Å². The molecule has 126 valence electrons. The molecule has 1 saturated carbocycles. The molecule has 0 aromatic rings. The van der Waals surface area contributed by atoms with Crippen molar-refractivity contribution in [2.45, 2.75) is 33.1 Å². The Bertz CT molecular complexity index is 272. The predicted molar refractivity (Wildman–Crippen MR) is 101 cm³/mol. The van der Waals surface area contributed by atoms with E-state index in [4.69, 9.17) is 4.74 Å². The number of nitrogens with zero attached hydrogens (tertiary/aromatic N) is 2. The quantitative estimate of drug-likeness (QED) is 0.236. The first-order chi connectivity index (χ1) is 9.76. The first-order valence-corrected chi connectivity index (χ1v) is 8.04. The van der Waals surface area contributed by atoms with E-state index in [1.165, 1.54) is 12.8 Å². The van der Waals surface area contributed by atoms with Gasteiger partial charge in [0.25, 0.3) is 0 Å². The minimum atomic E-state index is 0. The van der Waals surface area contributed by atoms with Crippen molar-refractivity contribution >= 4 is 29.9 Å². The van der Waals surface area contributed by atoms with Gasteiger partial charge in [-0.05, 0) is 45.7 Å². The zero-order valence-corrected chi connectivity index (χ0v) is 16.2. The maximum absolute atomic E-state index is 5.61. The summed E-state index contributed by atoms with van der Waals surface area (Å²) in [6, 6.07) is 0. The van der Waals surface area contributed by atoms with Crippen LogP contribution in [0, 0.1) is 5.92 Å². The van der Waals surface area contributed by atoms with Crippen LogP contribution in [-0.4, -0.2) is 63.8 Å². The highest BCUT2D eigenvalue weighted by Gasteiger charge is 2.20. The van der Waals surface area contributed by atoms with Gasteiger partial charge in [-0.2, -0.15) is 0 Å². The molecule has 0 atom stereocenters. The average Bonchev–Trinajstić information content (AvgIpc) is 3.26. The van der Waals surface area contributed by atoms with Crippen LogP contribution in [0.4, 0.5) is 0 Å². The summed E-state index contributed by atoms with van der Waals surface area (Å²) in [5.41, 5.74) is 0. The fourth-order valence-electron chi connectivity index (χ4n) is 1.76. The molecule has 1 rings (SSSR count). The van der Waals surface area contributed by atoms with Gasteiger partial charge in [0, 0.05) is 39.4 Å². The van der Waals surface area contributed by atoms with Crippen molar-refractivity contribution in [3.8, 4) is 0 Å². The standard InChI is InChI=1S/C15H32N4O.HI/c1-4-16-15(18-10-11-19(3)5-2)17-9-6-12-20-13-14-7-8-14;/h14H,4-13H2,1-3H3,(H2,16,17,18);1H. The lowest BCUT2D eigenvalue weighted by Crippen LogP contribution is -2.41. The van der Waals surface area contributed by atoms with E-state index < -0.39 is 0 Å². The number of ether oxygens (including phenoxy) is 1. The Morgan fingerprint density at radius 3 is 2.67 bits per heavy atom. The number of aliphatic imine (C=N–C) groups is 1.